The number of aromatic nitrogens is 1. The van der Waals surface area contributed by atoms with Crippen molar-refractivity contribution in [3.05, 3.63) is 28.0 Å². The average Bonchev–Trinajstić information content (AvgIpc) is 2.09. The molecular formula is C8H7Cl2F2N. The molecule has 0 N–H and O–H groups in total. The molecule has 1 heterocycles. The first-order chi connectivity index (χ1) is 6.07. The van der Waals surface area contributed by atoms with Crippen LogP contribution in [0.4, 0.5) is 8.78 Å². The zero-order chi connectivity index (χ0) is 10.0. The molecule has 0 bridgehead atoms. The molecule has 0 aromatic carbocycles. The highest BCUT2D eigenvalue weighted by Gasteiger charge is 2.15. The molecule has 0 aliphatic rings. The van der Waals surface area contributed by atoms with Crippen LogP contribution in [0.5, 0.6) is 0 Å². The number of alkyl halides is 3. The number of pyridine rings is 1. The summed E-state index contributed by atoms with van der Waals surface area (Å²) in [6.07, 6.45) is -1.53. The third-order valence-electron chi connectivity index (χ3n) is 1.74. The van der Waals surface area contributed by atoms with E-state index in [-0.39, 0.29) is 16.5 Å². The Labute approximate surface area is 84.7 Å². The molecule has 1 rings (SSSR count). The Balaban J connectivity index is 3.23. The minimum Gasteiger partial charge on any atom is -0.259 e. The summed E-state index contributed by atoms with van der Waals surface area (Å²) >= 11 is 11.2. The fourth-order valence-electron chi connectivity index (χ4n) is 0.931. The van der Waals surface area contributed by atoms with Crippen LogP contribution in [-0.4, -0.2) is 4.98 Å². The number of nitrogens with zero attached hydrogens (tertiary/aromatic N) is 1. The van der Waals surface area contributed by atoms with Gasteiger partial charge in [-0.25, -0.2) is 8.78 Å². The summed E-state index contributed by atoms with van der Waals surface area (Å²) < 4.78 is 24.6. The molecule has 0 unspecified atom stereocenters. The molecule has 13 heavy (non-hydrogen) atoms. The third kappa shape index (κ3) is 2.09. The molecule has 0 amide bonds. The molecule has 1 aromatic rings. The lowest BCUT2D eigenvalue weighted by Crippen LogP contribution is -1.96. The lowest BCUT2D eigenvalue weighted by atomic mass is 10.1. The molecular weight excluding hydrogens is 219 g/mol. The van der Waals surface area contributed by atoms with Gasteiger partial charge in [0.15, 0.2) is 0 Å². The van der Waals surface area contributed by atoms with E-state index in [0.717, 1.165) is 6.20 Å². The van der Waals surface area contributed by atoms with Crippen molar-refractivity contribution in [2.75, 3.05) is 0 Å². The van der Waals surface area contributed by atoms with Crippen LogP contribution in [0.25, 0.3) is 0 Å². The van der Waals surface area contributed by atoms with Crippen molar-refractivity contribution in [3.8, 4) is 0 Å². The van der Waals surface area contributed by atoms with Crippen molar-refractivity contribution in [1.82, 2.24) is 4.98 Å². The van der Waals surface area contributed by atoms with Crippen LogP contribution in [-0.2, 0) is 5.88 Å². The first-order valence-electron chi connectivity index (χ1n) is 3.56. The monoisotopic (exact) mass is 225 g/mol. The van der Waals surface area contributed by atoms with Crippen molar-refractivity contribution < 1.29 is 8.78 Å². The van der Waals surface area contributed by atoms with Gasteiger partial charge in [-0.3, -0.25) is 4.98 Å². The second-order valence-corrected chi connectivity index (χ2v) is 3.18. The van der Waals surface area contributed by atoms with Crippen molar-refractivity contribution in [2.45, 2.75) is 19.2 Å². The standard InChI is InChI=1S/C8H7Cl2F2N/c1-4-6(2-9)13-3-5(7(4)10)8(11)12/h3,8H,2H2,1H3. The summed E-state index contributed by atoms with van der Waals surface area (Å²) in [4.78, 5) is 3.78. The normalized spacial score (nSPS) is 10.9. The van der Waals surface area contributed by atoms with Crippen LogP contribution in [0.3, 0.4) is 0 Å². The minimum absolute atomic E-state index is 0.0562. The van der Waals surface area contributed by atoms with E-state index >= 15 is 0 Å². The molecule has 0 saturated carbocycles. The summed E-state index contributed by atoms with van der Waals surface area (Å²) in [5.41, 5.74) is 0.818. The van der Waals surface area contributed by atoms with E-state index in [1.807, 2.05) is 0 Å². The molecule has 0 radical (unpaired) electrons. The highest BCUT2D eigenvalue weighted by atomic mass is 35.5. The Morgan fingerprint density at radius 3 is 2.62 bits per heavy atom. The Hall–Kier alpha value is -0.410. The molecule has 1 aromatic heterocycles. The summed E-state index contributed by atoms with van der Waals surface area (Å²) in [7, 11) is 0. The summed E-state index contributed by atoms with van der Waals surface area (Å²) in [5, 5.41) is 0.0562. The smallest absolute Gasteiger partial charge is 0.259 e. The van der Waals surface area contributed by atoms with E-state index in [9.17, 15) is 8.78 Å². The van der Waals surface area contributed by atoms with Gasteiger partial charge in [0.2, 0.25) is 0 Å². The van der Waals surface area contributed by atoms with Gasteiger partial charge < -0.3 is 0 Å². The predicted molar refractivity (Wildman–Crippen MR) is 48.5 cm³/mol. The maximum absolute atomic E-state index is 12.3. The first kappa shape index (κ1) is 10.7. The van der Waals surface area contributed by atoms with Crippen LogP contribution in [0.1, 0.15) is 23.2 Å². The van der Waals surface area contributed by atoms with E-state index in [1.54, 1.807) is 6.92 Å². The van der Waals surface area contributed by atoms with Gasteiger partial charge in [0.25, 0.3) is 6.43 Å². The maximum Gasteiger partial charge on any atom is 0.266 e. The van der Waals surface area contributed by atoms with Crippen molar-refractivity contribution in [1.29, 1.82) is 0 Å². The molecule has 0 fully saturated rings. The zero-order valence-corrected chi connectivity index (χ0v) is 8.33. The highest BCUT2D eigenvalue weighted by Crippen LogP contribution is 2.30. The second-order valence-electron chi connectivity index (χ2n) is 2.53. The van der Waals surface area contributed by atoms with Crippen LogP contribution in [0, 0.1) is 6.92 Å². The van der Waals surface area contributed by atoms with Gasteiger partial charge >= 0.3 is 0 Å². The molecule has 0 aliphatic carbocycles. The lowest BCUT2D eigenvalue weighted by Gasteiger charge is -2.07. The Morgan fingerprint density at radius 1 is 1.54 bits per heavy atom. The zero-order valence-electron chi connectivity index (χ0n) is 6.82. The summed E-state index contributed by atoms with van der Waals surface area (Å²) in [5.74, 6) is 0.176. The van der Waals surface area contributed by atoms with Crippen molar-refractivity contribution >= 4 is 23.2 Å². The van der Waals surface area contributed by atoms with Crippen LogP contribution >= 0.6 is 23.2 Å². The highest BCUT2D eigenvalue weighted by molar-refractivity contribution is 6.32. The molecule has 0 saturated heterocycles. The van der Waals surface area contributed by atoms with Gasteiger partial charge in [-0.1, -0.05) is 11.6 Å². The second kappa shape index (κ2) is 4.20. The van der Waals surface area contributed by atoms with Crippen molar-refractivity contribution in [3.63, 3.8) is 0 Å². The van der Waals surface area contributed by atoms with E-state index < -0.39 is 6.43 Å². The summed E-state index contributed by atoms with van der Waals surface area (Å²) in [6, 6.07) is 0. The van der Waals surface area contributed by atoms with E-state index in [1.165, 1.54) is 0 Å². The van der Waals surface area contributed by atoms with E-state index in [0.29, 0.717) is 11.3 Å². The van der Waals surface area contributed by atoms with Gasteiger partial charge in [-0.15, -0.1) is 11.6 Å². The first-order valence-corrected chi connectivity index (χ1v) is 4.47. The van der Waals surface area contributed by atoms with Gasteiger partial charge in [-0.05, 0) is 12.5 Å². The average molecular weight is 226 g/mol. The number of hydrogen-bond donors (Lipinski definition) is 0. The van der Waals surface area contributed by atoms with E-state index in [2.05, 4.69) is 4.98 Å². The molecule has 0 aliphatic heterocycles. The fourth-order valence-corrected chi connectivity index (χ4v) is 1.44. The number of rotatable bonds is 2. The van der Waals surface area contributed by atoms with Crippen LogP contribution < -0.4 is 0 Å². The maximum atomic E-state index is 12.3. The minimum atomic E-state index is -2.59. The Morgan fingerprint density at radius 2 is 2.15 bits per heavy atom. The van der Waals surface area contributed by atoms with Gasteiger partial charge in [0, 0.05) is 6.20 Å². The van der Waals surface area contributed by atoms with Crippen LogP contribution in [0.15, 0.2) is 6.20 Å². The molecule has 1 nitrogen and oxygen atoms in total. The topological polar surface area (TPSA) is 12.9 Å². The Kier molecular flexibility index (Phi) is 3.45. The largest absolute Gasteiger partial charge is 0.266 e. The van der Waals surface area contributed by atoms with Gasteiger partial charge in [-0.2, -0.15) is 0 Å². The predicted octanol–water partition coefficient (Wildman–Crippen LogP) is 3.72. The fraction of sp³-hybridized carbons (Fsp3) is 0.375. The lowest BCUT2D eigenvalue weighted by molar-refractivity contribution is 0.151. The number of halogens is 4. The third-order valence-corrected chi connectivity index (χ3v) is 2.49. The molecule has 0 atom stereocenters. The van der Waals surface area contributed by atoms with E-state index in [4.69, 9.17) is 23.2 Å². The Bertz CT molecular complexity index is 315. The summed E-state index contributed by atoms with van der Waals surface area (Å²) in [6.45, 7) is 1.62. The molecule has 72 valence electrons. The van der Waals surface area contributed by atoms with Gasteiger partial charge in [0.1, 0.15) is 0 Å². The molecule has 0 spiro atoms. The number of hydrogen-bond acceptors (Lipinski definition) is 1. The molecule has 5 heteroatoms. The van der Waals surface area contributed by atoms with Gasteiger partial charge in [0.05, 0.1) is 22.2 Å². The van der Waals surface area contributed by atoms with Crippen molar-refractivity contribution in [2.24, 2.45) is 0 Å². The SMILES string of the molecule is Cc1c(CCl)ncc(C(F)F)c1Cl. The quantitative estimate of drug-likeness (QED) is 0.700. The van der Waals surface area contributed by atoms with Crippen LogP contribution in [0.2, 0.25) is 5.02 Å².